The molecular formula is C20H27N3O2S. The van der Waals surface area contributed by atoms with Crippen LogP contribution in [0.5, 0.6) is 0 Å². The molecule has 0 aliphatic carbocycles. The van der Waals surface area contributed by atoms with Crippen molar-refractivity contribution in [1.82, 2.24) is 9.88 Å². The number of aromatic nitrogens is 1. The van der Waals surface area contributed by atoms with Crippen molar-refractivity contribution in [1.29, 1.82) is 0 Å². The fraction of sp³-hybridized carbons (Fsp3) is 0.450. The maximum Gasteiger partial charge on any atom is 0.254 e. The molecule has 2 aromatic rings. The molecule has 6 heteroatoms. The first-order chi connectivity index (χ1) is 12.2. The number of nitrogens with one attached hydrogen (secondary N) is 1. The number of anilines is 1. The second-order valence-corrected chi connectivity index (χ2v) is 8.69. The van der Waals surface area contributed by atoms with Crippen LogP contribution < -0.4 is 5.32 Å². The standard InChI is InChI=1S/C20H27N3O2S/c1-14(2)12-23(13-17(24)22-19-21-10-11-26-19)18(25)15-6-8-16(9-7-15)20(3,4)5/h6-11,14H,12-13H2,1-5H3,(H,21,22,24). The van der Waals surface area contributed by atoms with Crippen molar-refractivity contribution in [2.45, 2.75) is 40.0 Å². The Kier molecular flexibility index (Phi) is 6.53. The topological polar surface area (TPSA) is 62.3 Å². The normalized spacial score (nSPS) is 11.5. The summed E-state index contributed by atoms with van der Waals surface area (Å²) in [5.41, 5.74) is 1.80. The third-order valence-electron chi connectivity index (χ3n) is 3.88. The highest BCUT2D eigenvalue weighted by molar-refractivity contribution is 7.13. The van der Waals surface area contributed by atoms with E-state index >= 15 is 0 Å². The first-order valence-corrected chi connectivity index (χ1v) is 9.64. The Labute approximate surface area is 159 Å². The fourth-order valence-electron chi connectivity index (χ4n) is 2.57. The van der Waals surface area contributed by atoms with E-state index < -0.39 is 0 Å². The third kappa shape index (κ3) is 5.66. The highest BCUT2D eigenvalue weighted by Crippen LogP contribution is 2.22. The molecule has 0 saturated carbocycles. The molecule has 0 atom stereocenters. The Bertz CT molecular complexity index is 731. The molecule has 0 unspecified atom stereocenters. The molecule has 2 amide bonds. The molecule has 0 saturated heterocycles. The molecule has 1 aromatic carbocycles. The number of thiazole rings is 1. The zero-order valence-corrected chi connectivity index (χ0v) is 16.9. The van der Waals surface area contributed by atoms with Crippen LogP contribution in [0.4, 0.5) is 5.13 Å². The summed E-state index contributed by atoms with van der Waals surface area (Å²) in [7, 11) is 0. The minimum atomic E-state index is -0.236. The summed E-state index contributed by atoms with van der Waals surface area (Å²) >= 11 is 1.35. The van der Waals surface area contributed by atoms with Gasteiger partial charge in [-0.1, -0.05) is 46.8 Å². The zero-order chi connectivity index (χ0) is 19.3. The van der Waals surface area contributed by atoms with Gasteiger partial charge in [-0.2, -0.15) is 0 Å². The zero-order valence-electron chi connectivity index (χ0n) is 16.1. The molecule has 1 heterocycles. The number of carbonyl (C=O) groups is 2. The molecule has 0 spiro atoms. The van der Waals surface area contributed by atoms with Crippen molar-refractivity contribution in [3.63, 3.8) is 0 Å². The second kappa shape index (κ2) is 8.45. The van der Waals surface area contributed by atoms with Gasteiger partial charge in [0.15, 0.2) is 5.13 Å². The maximum absolute atomic E-state index is 12.9. The van der Waals surface area contributed by atoms with Crippen molar-refractivity contribution in [3.8, 4) is 0 Å². The predicted octanol–water partition coefficient (Wildman–Crippen LogP) is 4.18. The summed E-state index contributed by atoms with van der Waals surface area (Å²) < 4.78 is 0. The Balaban J connectivity index is 2.12. The van der Waals surface area contributed by atoms with Gasteiger partial charge in [-0.3, -0.25) is 9.59 Å². The SMILES string of the molecule is CC(C)CN(CC(=O)Nc1nccs1)C(=O)c1ccc(C(C)(C)C)cc1. The van der Waals surface area contributed by atoms with Gasteiger partial charge >= 0.3 is 0 Å². The lowest BCUT2D eigenvalue weighted by molar-refractivity contribution is -0.117. The van der Waals surface area contributed by atoms with Gasteiger partial charge in [-0.05, 0) is 29.0 Å². The fourth-order valence-corrected chi connectivity index (χ4v) is 3.12. The van der Waals surface area contributed by atoms with E-state index in [1.807, 2.05) is 38.1 Å². The van der Waals surface area contributed by atoms with Gasteiger partial charge in [0.05, 0.1) is 0 Å². The smallest absolute Gasteiger partial charge is 0.254 e. The quantitative estimate of drug-likeness (QED) is 0.826. The number of benzene rings is 1. The number of hydrogen-bond donors (Lipinski definition) is 1. The number of rotatable bonds is 6. The molecule has 1 aromatic heterocycles. The summed E-state index contributed by atoms with van der Waals surface area (Å²) in [6.07, 6.45) is 1.63. The number of carbonyl (C=O) groups excluding carboxylic acids is 2. The van der Waals surface area contributed by atoms with Crippen molar-refractivity contribution < 1.29 is 9.59 Å². The van der Waals surface area contributed by atoms with Crippen LogP contribution >= 0.6 is 11.3 Å². The van der Waals surface area contributed by atoms with Crippen LogP contribution in [0.25, 0.3) is 0 Å². The van der Waals surface area contributed by atoms with Crippen LogP contribution in [0.1, 0.15) is 50.5 Å². The molecule has 2 rings (SSSR count). The average Bonchev–Trinajstić information content (AvgIpc) is 3.05. The van der Waals surface area contributed by atoms with E-state index in [0.29, 0.717) is 17.2 Å². The monoisotopic (exact) mass is 373 g/mol. The Morgan fingerprint density at radius 2 is 1.85 bits per heavy atom. The van der Waals surface area contributed by atoms with E-state index in [2.05, 4.69) is 31.1 Å². The van der Waals surface area contributed by atoms with Crippen LogP contribution in [0.15, 0.2) is 35.8 Å². The largest absolute Gasteiger partial charge is 0.329 e. The van der Waals surface area contributed by atoms with Crippen molar-refractivity contribution >= 4 is 28.3 Å². The van der Waals surface area contributed by atoms with Crippen LogP contribution in [0.3, 0.4) is 0 Å². The van der Waals surface area contributed by atoms with Gasteiger partial charge < -0.3 is 10.2 Å². The molecule has 140 valence electrons. The predicted molar refractivity (Wildman–Crippen MR) is 107 cm³/mol. The van der Waals surface area contributed by atoms with E-state index in [1.165, 1.54) is 16.9 Å². The highest BCUT2D eigenvalue weighted by atomic mass is 32.1. The van der Waals surface area contributed by atoms with Crippen LogP contribution in [-0.4, -0.2) is 34.8 Å². The van der Waals surface area contributed by atoms with Crippen LogP contribution in [0.2, 0.25) is 0 Å². The average molecular weight is 374 g/mol. The molecule has 26 heavy (non-hydrogen) atoms. The number of hydrogen-bond acceptors (Lipinski definition) is 4. The Morgan fingerprint density at radius 1 is 1.19 bits per heavy atom. The van der Waals surface area contributed by atoms with Gasteiger partial charge in [0, 0.05) is 23.7 Å². The highest BCUT2D eigenvalue weighted by Gasteiger charge is 2.21. The summed E-state index contributed by atoms with van der Waals surface area (Å²) in [4.78, 5) is 30.8. The lowest BCUT2D eigenvalue weighted by Gasteiger charge is -2.25. The summed E-state index contributed by atoms with van der Waals surface area (Å²) in [5.74, 6) is -0.103. The van der Waals surface area contributed by atoms with Gasteiger partial charge in [-0.25, -0.2) is 4.98 Å². The minimum absolute atomic E-state index is 0.0115. The van der Waals surface area contributed by atoms with Crippen LogP contribution in [-0.2, 0) is 10.2 Å². The van der Waals surface area contributed by atoms with E-state index in [-0.39, 0.29) is 29.7 Å². The Hall–Kier alpha value is -2.21. The van der Waals surface area contributed by atoms with Crippen molar-refractivity contribution in [2.75, 3.05) is 18.4 Å². The number of nitrogens with zero attached hydrogens (tertiary/aromatic N) is 2. The second-order valence-electron chi connectivity index (χ2n) is 7.79. The van der Waals surface area contributed by atoms with Crippen molar-refractivity contribution in [2.24, 2.45) is 5.92 Å². The first kappa shape index (κ1) is 20.1. The number of amides is 2. The minimum Gasteiger partial charge on any atom is -0.329 e. The van der Waals surface area contributed by atoms with E-state index in [1.54, 1.807) is 16.5 Å². The van der Waals surface area contributed by atoms with E-state index in [9.17, 15) is 9.59 Å². The van der Waals surface area contributed by atoms with Gasteiger partial charge in [0.1, 0.15) is 6.54 Å². The van der Waals surface area contributed by atoms with Gasteiger partial charge in [0.25, 0.3) is 5.91 Å². The summed E-state index contributed by atoms with van der Waals surface area (Å²) in [6.45, 7) is 11.0. The lowest BCUT2D eigenvalue weighted by Crippen LogP contribution is -2.40. The molecular weight excluding hydrogens is 346 g/mol. The lowest BCUT2D eigenvalue weighted by atomic mass is 9.86. The first-order valence-electron chi connectivity index (χ1n) is 8.76. The molecule has 0 fully saturated rings. The Morgan fingerprint density at radius 3 is 2.35 bits per heavy atom. The molecule has 0 radical (unpaired) electrons. The van der Waals surface area contributed by atoms with Gasteiger partial charge in [-0.15, -0.1) is 11.3 Å². The van der Waals surface area contributed by atoms with Gasteiger partial charge in [0.2, 0.25) is 5.91 Å². The molecule has 0 bridgehead atoms. The molecule has 0 aliphatic heterocycles. The van der Waals surface area contributed by atoms with Crippen LogP contribution in [0, 0.1) is 5.92 Å². The molecule has 1 N–H and O–H groups in total. The maximum atomic E-state index is 12.9. The molecule has 5 nitrogen and oxygen atoms in total. The summed E-state index contributed by atoms with van der Waals surface area (Å²) in [6, 6.07) is 7.65. The van der Waals surface area contributed by atoms with E-state index in [0.717, 1.165) is 0 Å². The van der Waals surface area contributed by atoms with E-state index in [4.69, 9.17) is 0 Å². The molecule has 0 aliphatic rings. The summed E-state index contributed by atoms with van der Waals surface area (Å²) in [5, 5.41) is 5.07. The van der Waals surface area contributed by atoms with Crippen molar-refractivity contribution in [3.05, 3.63) is 47.0 Å². The third-order valence-corrected chi connectivity index (χ3v) is 4.57.